The minimum atomic E-state index is -0.0691. The average molecular weight is 220 g/mol. The fourth-order valence-electron chi connectivity index (χ4n) is 0.941. The maximum Gasteiger partial charge on any atom is 0.228 e. The van der Waals surface area contributed by atoms with Gasteiger partial charge in [-0.15, -0.1) is 16.8 Å². The Morgan fingerprint density at radius 2 is 2.06 bits per heavy atom. The summed E-state index contributed by atoms with van der Waals surface area (Å²) in [5.41, 5.74) is 0. The van der Waals surface area contributed by atoms with Crippen molar-refractivity contribution in [2.45, 2.75) is 13.8 Å². The number of aromatic nitrogens is 2. The Balaban J connectivity index is 2.57. The highest BCUT2D eigenvalue weighted by atomic mass is 16.1. The Hall–Kier alpha value is -1.91. The van der Waals surface area contributed by atoms with Crippen molar-refractivity contribution in [2.24, 2.45) is 5.92 Å². The molecule has 0 saturated heterocycles. The van der Waals surface area contributed by atoms with Crippen LogP contribution in [0, 0.1) is 5.92 Å². The van der Waals surface area contributed by atoms with Gasteiger partial charge in [0.25, 0.3) is 0 Å². The highest BCUT2D eigenvalue weighted by molar-refractivity contribution is 5.91. The Kier molecular flexibility index (Phi) is 4.44. The zero-order valence-electron chi connectivity index (χ0n) is 9.53. The van der Waals surface area contributed by atoms with E-state index in [0.717, 1.165) is 0 Å². The van der Waals surface area contributed by atoms with Crippen LogP contribution in [0.25, 0.3) is 0 Å². The van der Waals surface area contributed by atoms with E-state index in [4.69, 9.17) is 0 Å². The molecule has 0 bridgehead atoms. The lowest BCUT2D eigenvalue weighted by Crippen LogP contribution is -2.18. The minimum absolute atomic E-state index is 0.0684. The number of carbonyl (C=O) groups is 1. The van der Waals surface area contributed by atoms with Gasteiger partial charge in [-0.1, -0.05) is 19.9 Å². The van der Waals surface area contributed by atoms with E-state index in [2.05, 4.69) is 27.4 Å². The number of nitrogens with zero attached hydrogens (tertiary/aromatic N) is 2. The summed E-state index contributed by atoms with van der Waals surface area (Å²) in [6.07, 6.45) is 1.73. The summed E-state index contributed by atoms with van der Waals surface area (Å²) in [5, 5.41) is 13.4. The Morgan fingerprint density at radius 1 is 1.44 bits per heavy atom. The first-order valence-corrected chi connectivity index (χ1v) is 5.13. The molecule has 1 amide bonds. The number of carbonyl (C=O) groups excluding carboxylic acids is 1. The van der Waals surface area contributed by atoms with Gasteiger partial charge in [0.15, 0.2) is 5.82 Å². The zero-order valence-corrected chi connectivity index (χ0v) is 9.53. The predicted octanol–water partition coefficient (Wildman–Crippen LogP) is 1.67. The van der Waals surface area contributed by atoms with Crippen LogP contribution in [-0.4, -0.2) is 22.6 Å². The van der Waals surface area contributed by atoms with Crippen molar-refractivity contribution in [3.05, 3.63) is 24.8 Å². The molecule has 0 aliphatic heterocycles. The number of hydrogen-bond acceptors (Lipinski definition) is 4. The third-order valence-corrected chi connectivity index (χ3v) is 1.87. The summed E-state index contributed by atoms with van der Waals surface area (Å²) in [6, 6.07) is 3.46. The third kappa shape index (κ3) is 3.68. The summed E-state index contributed by atoms with van der Waals surface area (Å²) in [4.78, 5) is 11.4. The van der Waals surface area contributed by atoms with E-state index in [-0.39, 0.29) is 11.8 Å². The topological polar surface area (TPSA) is 66.9 Å². The van der Waals surface area contributed by atoms with Crippen LogP contribution < -0.4 is 10.6 Å². The second-order valence-corrected chi connectivity index (χ2v) is 3.62. The van der Waals surface area contributed by atoms with Crippen molar-refractivity contribution in [2.75, 3.05) is 17.2 Å². The van der Waals surface area contributed by atoms with Gasteiger partial charge < -0.3 is 10.6 Å². The normalized spacial score (nSPS) is 9.94. The maximum atomic E-state index is 11.4. The van der Waals surface area contributed by atoms with Crippen LogP contribution in [0.1, 0.15) is 13.8 Å². The van der Waals surface area contributed by atoms with Crippen LogP contribution in [0.15, 0.2) is 24.8 Å². The van der Waals surface area contributed by atoms with Gasteiger partial charge in [0.2, 0.25) is 5.91 Å². The first-order chi connectivity index (χ1) is 7.63. The maximum absolute atomic E-state index is 11.4. The molecule has 1 aromatic rings. The third-order valence-electron chi connectivity index (χ3n) is 1.87. The molecule has 0 unspecified atom stereocenters. The van der Waals surface area contributed by atoms with Gasteiger partial charge in [0.1, 0.15) is 5.82 Å². The van der Waals surface area contributed by atoms with Crippen LogP contribution in [0.3, 0.4) is 0 Å². The van der Waals surface area contributed by atoms with Gasteiger partial charge in [-0.05, 0) is 12.1 Å². The van der Waals surface area contributed by atoms with Crippen molar-refractivity contribution >= 4 is 17.5 Å². The van der Waals surface area contributed by atoms with Crippen LogP contribution in [0.4, 0.5) is 11.6 Å². The van der Waals surface area contributed by atoms with E-state index in [1.807, 2.05) is 13.8 Å². The second kappa shape index (κ2) is 5.85. The van der Waals surface area contributed by atoms with E-state index in [9.17, 15) is 4.79 Å². The minimum Gasteiger partial charge on any atom is -0.365 e. The summed E-state index contributed by atoms with van der Waals surface area (Å²) in [5.74, 6) is 0.978. The lowest BCUT2D eigenvalue weighted by atomic mass is 10.2. The number of rotatable bonds is 5. The highest BCUT2D eigenvalue weighted by Gasteiger charge is 2.07. The highest BCUT2D eigenvalue weighted by Crippen LogP contribution is 2.07. The molecule has 0 spiro atoms. The molecule has 1 aromatic heterocycles. The summed E-state index contributed by atoms with van der Waals surface area (Å²) in [6.45, 7) is 7.86. The quantitative estimate of drug-likeness (QED) is 0.741. The van der Waals surface area contributed by atoms with Crippen LogP contribution >= 0.6 is 0 Å². The molecule has 1 heterocycles. The molecule has 1 rings (SSSR count). The number of anilines is 2. The Labute approximate surface area is 95.0 Å². The number of amides is 1. The largest absolute Gasteiger partial charge is 0.365 e. The molecule has 16 heavy (non-hydrogen) atoms. The molecule has 0 fully saturated rings. The first kappa shape index (κ1) is 12.2. The summed E-state index contributed by atoms with van der Waals surface area (Å²) >= 11 is 0. The van der Waals surface area contributed by atoms with Crippen molar-refractivity contribution < 1.29 is 4.79 Å². The molecule has 0 radical (unpaired) electrons. The molecular formula is C11H16N4O. The van der Waals surface area contributed by atoms with Crippen molar-refractivity contribution in [3.8, 4) is 0 Å². The summed E-state index contributed by atoms with van der Waals surface area (Å²) < 4.78 is 0. The number of nitrogens with one attached hydrogen (secondary N) is 2. The average Bonchev–Trinajstić information content (AvgIpc) is 2.28. The van der Waals surface area contributed by atoms with Gasteiger partial charge in [0.05, 0.1) is 0 Å². The van der Waals surface area contributed by atoms with Crippen molar-refractivity contribution in [1.29, 1.82) is 0 Å². The first-order valence-electron chi connectivity index (χ1n) is 5.13. The molecule has 0 aliphatic rings. The van der Waals surface area contributed by atoms with E-state index in [1.54, 1.807) is 18.2 Å². The monoisotopic (exact) mass is 220 g/mol. The van der Waals surface area contributed by atoms with Gasteiger partial charge in [-0.2, -0.15) is 0 Å². The van der Waals surface area contributed by atoms with E-state index in [1.165, 1.54) is 0 Å². The fourth-order valence-corrected chi connectivity index (χ4v) is 0.941. The second-order valence-electron chi connectivity index (χ2n) is 3.62. The zero-order chi connectivity index (χ0) is 12.0. The molecule has 0 atom stereocenters. The van der Waals surface area contributed by atoms with Crippen LogP contribution in [-0.2, 0) is 4.79 Å². The van der Waals surface area contributed by atoms with Crippen molar-refractivity contribution in [1.82, 2.24) is 10.2 Å². The molecule has 2 N–H and O–H groups in total. The van der Waals surface area contributed by atoms with Gasteiger partial charge in [0, 0.05) is 12.5 Å². The standard InChI is InChI=1S/C11H16N4O/c1-4-7-12-9-5-6-10(15-14-9)13-11(16)8(2)3/h4-6,8H,1,7H2,2-3H3,(H,12,14)(H,13,15,16). The SMILES string of the molecule is C=CCNc1ccc(NC(=O)C(C)C)nn1. The van der Waals surface area contributed by atoms with Crippen LogP contribution in [0.2, 0.25) is 0 Å². The van der Waals surface area contributed by atoms with Gasteiger partial charge in [-0.3, -0.25) is 4.79 Å². The van der Waals surface area contributed by atoms with E-state index >= 15 is 0 Å². The molecule has 5 heteroatoms. The smallest absolute Gasteiger partial charge is 0.228 e. The molecule has 0 aliphatic carbocycles. The Morgan fingerprint density at radius 3 is 2.56 bits per heavy atom. The number of hydrogen-bond donors (Lipinski definition) is 2. The lowest BCUT2D eigenvalue weighted by molar-refractivity contribution is -0.118. The lowest BCUT2D eigenvalue weighted by Gasteiger charge is -2.06. The molecule has 0 saturated carbocycles. The van der Waals surface area contributed by atoms with E-state index in [0.29, 0.717) is 18.2 Å². The molecular weight excluding hydrogens is 204 g/mol. The van der Waals surface area contributed by atoms with Crippen molar-refractivity contribution in [3.63, 3.8) is 0 Å². The van der Waals surface area contributed by atoms with Gasteiger partial charge in [-0.25, -0.2) is 0 Å². The molecule has 86 valence electrons. The van der Waals surface area contributed by atoms with Gasteiger partial charge >= 0.3 is 0 Å². The summed E-state index contributed by atoms with van der Waals surface area (Å²) in [7, 11) is 0. The van der Waals surface area contributed by atoms with Crippen LogP contribution in [0.5, 0.6) is 0 Å². The molecule has 0 aromatic carbocycles. The fraction of sp³-hybridized carbons (Fsp3) is 0.364. The van der Waals surface area contributed by atoms with E-state index < -0.39 is 0 Å². The Bertz CT molecular complexity index is 359. The molecule has 5 nitrogen and oxygen atoms in total. The predicted molar refractivity (Wildman–Crippen MR) is 64.2 cm³/mol.